The van der Waals surface area contributed by atoms with Crippen LogP contribution in [0.15, 0.2) is 41.3 Å². The van der Waals surface area contributed by atoms with Crippen molar-refractivity contribution in [3.63, 3.8) is 0 Å². The van der Waals surface area contributed by atoms with Crippen molar-refractivity contribution in [2.24, 2.45) is 0 Å². The summed E-state index contributed by atoms with van der Waals surface area (Å²) in [6, 6.07) is 11.0. The summed E-state index contributed by atoms with van der Waals surface area (Å²) in [7, 11) is -4.56. The zero-order valence-corrected chi connectivity index (χ0v) is 11.9. The van der Waals surface area contributed by atoms with E-state index in [4.69, 9.17) is 5.26 Å². The zero-order chi connectivity index (χ0) is 11.8. The molecule has 0 aliphatic heterocycles. The van der Waals surface area contributed by atoms with Crippen LogP contribution >= 0.6 is 0 Å². The predicted molar refractivity (Wildman–Crippen MR) is 56.6 cm³/mol. The van der Waals surface area contributed by atoms with E-state index in [9.17, 15) is 13.0 Å². The Morgan fingerprint density at radius 1 is 1.12 bits per heavy atom. The van der Waals surface area contributed by atoms with Gasteiger partial charge in [-0.15, -0.1) is 0 Å². The van der Waals surface area contributed by atoms with Gasteiger partial charge in [0.1, 0.15) is 10.1 Å². The van der Waals surface area contributed by atoms with Gasteiger partial charge in [-0.1, -0.05) is 24.3 Å². The second-order valence-electron chi connectivity index (χ2n) is 3.23. The molecule has 0 aliphatic carbocycles. The van der Waals surface area contributed by atoms with Gasteiger partial charge in [0.25, 0.3) is 0 Å². The Bertz CT molecular complexity index is 699. The summed E-state index contributed by atoms with van der Waals surface area (Å²) in [6.07, 6.45) is 0. The van der Waals surface area contributed by atoms with Crippen LogP contribution in [0.5, 0.6) is 0 Å². The second kappa shape index (κ2) is 5.17. The fourth-order valence-electron chi connectivity index (χ4n) is 1.61. The number of hydrogen-bond acceptors (Lipinski definition) is 4. The molecule has 0 amide bonds. The molecule has 0 saturated heterocycles. The summed E-state index contributed by atoms with van der Waals surface area (Å²) in [6.45, 7) is 0. The molecule has 0 spiro atoms. The van der Waals surface area contributed by atoms with Crippen LogP contribution in [-0.2, 0) is 10.1 Å². The molecule has 2 aromatic rings. The second-order valence-corrected chi connectivity index (χ2v) is 4.57. The minimum Gasteiger partial charge on any atom is -0.744 e. The van der Waals surface area contributed by atoms with E-state index in [1.807, 2.05) is 6.07 Å². The topological polar surface area (TPSA) is 81.0 Å². The van der Waals surface area contributed by atoms with Crippen LogP contribution in [0, 0.1) is 11.3 Å². The van der Waals surface area contributed by atoms with Gasteiger partial charge in [-0.3, -0.25) is 0 Å². The standard InChI is InChI=1S/C11H7NO3S.Na/c12-7-9-5-1-3-8-4-2-6-10(11(8)9)16(13,14)15;/h1-6H,(H,13,14,15);/q;+1/p-1. The van der Waals surface area contributed by atoms with Crippen LogP contribution in [0.1, 0.15) is 5.56 Å². The van der Waals surface area contributed by atoms with Crippen LogP contribution in [0.4, 0.5) is 0 Å². The van der Waals surface area contributed by atoms with Crippen molar-refractivity contribution in [3.8, 4) is 6.07 Å². The summed E-state index contributed by atoms with van der Waals surface area (Å²) in [5, 5.41) is 9.64. The Labute approximate surface area is 121 Å². The SMILES string of the molecule is N#Cc1cccc2cccc(S(=O)(=O)[O-])c12.[Na+]. The quantitative estimate of drug-likeness (QED) is 0.464. The third kappa shape index (κ3) is 2.68. The molecule has 17 heavy (non-hydrogen) atoms. The van der Waals surface area contributed by atoms with Gasteiger partial charge in [0, 0.05) is 5.39 Å². The van der Waals surface area contributed by atoms with Gasteiger partial charge in [0.15, 0.2) is 0 Å². The van der Waals surface area contributed by atoms with Crippen molar-refractivity contribution in [1.82, 2.24) is 0 Å². The summed E-state index contributed by atoms with van der Waals surface area (Å²) >= 11 is 0. The van der Waals surface area contributed by atoms with E-state index in [-0.39, 0.29) is 45.4 Å². The molecule has 0 fully saturated rings. The van der Waals surface area contributed by atoms with Crippen LogP contribution < -0.4 is 29.6 Å². The van der Waals surface area contributed by atoms with Gasteiger partial charge in [0.05, 0.1) is 16.5 Å². The molecule has 0 bridgehead atoms. The summed E-state index contributed by atoms with van der Waals surface area (Å²) < 4.78 is 33.2. The number of benzene rings is 2. The molecule has 4 nitrogen and oxygen atoms in total. The third-order valence-corrected chi connectivity index (χ3v) is 3.14. The molecule has 0 aromatic heterocycles. The predicted octanol–water partition coefficient (Wildman–Crippen LogP) is -1.38. The minimum absolute atomic E-state index is 0. The first-order valence-corrected chi connectivity index (χ1v) is 5.82. The Balaban J connectivity index is 0.00000144. The van der Waals surface area contributed by atoms with Gasteiger partial charge in [-0.05, 0) is 17.5 Å². The Hall–Kier alpha value is -0.900. The van der Waals surface area contributed by atoms with E-state index in [1.165, 1.54) is 18.2 Å². The monoisotopic (exact) mass is 255 g/mol. The fourth-order valence-corrected chi connectivity index (χ4v) is 2.33. The largest absolute Gasteiger partial charge is 1.00 e. The number of nitrogens with zero attached hydrogens (tertiary/aromatic N) is 1. The number of nitriles is 1. The molecular formula is C11H6NNaO3S. The van der Waals surface area contributed by atoms with Crippen LogP contribution in [0.3, 0.4) is 0 Å². The fraction of sp³-hybridized carbons (Fsp3) is 0. The van der Waals surface area contributed by atoms with Crippen LogP contribution in [0.25, 0.3) is 10.8 Å². The normalized spacial score (nSPS) is 10.6. The molecule has 0 saturated carbocycles. The minimum atomic E-state index is -4.56. The van der Waals surface area contributed by atoms with Crippen molar-refractivity contribution in [2.45, 2.75) is 4.90 Å². The van der Waals surface area contributed by atoms with Gasteiger partial charge >= 0.3 is 29.6 Å². The Kier molecular flexibility index (Phi) is 4.31. The summed E-state index contributed by atoms with van der Waals surface area (Å²) in [5.41, 5.74) is 0.188. The van der Waals surface area contributed by atoms with Crippen molar-refractivity contribution in [2.75, 3.05) is 0 Å². The first kappa shape index (κ1) is 14.2. The maximum Gasteiger partial charge on any atom is 1.00 e. The van der Waals surface area contributed by atoms with E-state index >= 15 is 0 Å². The van der Waals surface area contributed by atoms with Gasteiger partial charge < -0.3 is 4.55 Å². The molecule has 6 heteroatoms. The number of fused-ring (bicyclic) bond motifs is 1. The Morgan fingerprint density at radius 2 is 1.71 bits per heavy atom. The van der Waals surface area contributed by atoms with Crippen LogP contribution in [-0.4, -0.2) is 13.0 Å². The van der Waals surface area contributed by atoms with E-state index in [0.29, 0.717) is 5.39 Å². The van der Waals surface area contributed by atoms with Crippen molar-refractivity contribution >= 4 is 20.9 Å². The summed E-state index contributed by atoms with van der Waals surface area (Å²) in [5.74, 6) is 0. The third-order valence-electron chi connectivity index (χ3n) is 2.26. The van der Waals surface area contributed by atoms with E-state index < -0.39 is 10.1 Å². The average molecular weight is 255 g/mol. The molecule has 0 aliphatic rings. The molecule has 0 unspecified atom stereocenters. The molecule has 0 radical (unpaired) electrons. The smallest absolute Gasteiger partial charge is 0.744 e. The van der Waals surface area contributed by atoms with Crippen molar-refractivity contribution < 1.29 is 42.5 Å². The van der Waals surface area contributed by atoms with E-state index in [0.717, 1.165) is 0 Å². The van der Waals surface area contributed by atoms with Crippen molar-refractivity contribution in [1.29, 1.82) is 5.26 Å². The molecular weight excluding hydrogens is 249 g/mol. The molecule has 0 heterocycles. The molecule has 0 atom stereocenters. The molecule has 80 valence electrons. The van der Waals surface area contributed by atoms with Crippen LogP contribution in [0.2, 0.25) is 0 Å². The maximum absolute atomic E-state index is 11.1. The first-order valence-electron chi connectivity index (χ1n) is 4.42. The average Bonchev–Trinajstić information content (AvgIpc) is 2.26. The number of rotatable bonds is 1. The molecule has 2 aromatic carbocycles. The van der Waals surface area contributed by atoms with Crippen molar-refractivity contribution in [3.05, 3.63) is 42.0 Å². The van der Waals surface area contributed by atoms with E-state index in [2.05, 4.69) is 0 Å². The van der Waals surface area contributed by atoms with Gasteiger partial charge in [0.2, 0.25) is 0 Å². The van der Waals surface area contributed by atoms with Gasteiger partial charge in [-0.2, -0.15) is 5.26 Å². The zero-order valence-electron chi connectivity index (χ0n) is 9.04. The first-order chi connectivity index (χ1) is 7.54. The molecule has 2 rings (SSSR count). The molecule has 0 N–H and O–H groups in total. The number of hydrogen-bond donors (Lipinski definition) is 0. The maximum atomic E-state index is 11.1. The van der Waals surface area contributed by atoms with E-state index in [1.54, 1.807) is 18.2 Å². The van der Waals surface area contributed by atoms with Gasteiger partial charge in [-0.25, -0.2) is 8.42 Å². The Morgan fingerprint density at radius 3 is 2.24 bits per heavy atom. The summed E-state index contributed by atoms with van der Waals surface area (Å²) in [4.78, 5) is -0.345.